The number of carbonyl (C=O) groups is 1. The van der Waals surface area contributed by atoms with Crippen LogP contribution in [0.1, 0.15) is 17.5 Å². The number of nitrogens with zero attached hydrogens (tertiary/aromatic N) is 2. The number of fused-ring (bicyclic) bond motifs is 1. The van der Waals surface area contributed by atoms with Crippen LogP contribution in [0, 0.1) is 5.82 Å². The summed E-state index contributed by atoms with van der Waals surface area (Å²) < 4.78 is 39.4. The Bertz CT molecular complexity index is 1320. The molecule has 0 aliphatic heterocycles. The van der Waals surface area contributed by atoms with E-state index < -0.39 is 9.84 Å². The van der Waals surface area contributed by atoms with E-state index in [1.54, 1.807) is 30.3 Å². The summed E-state index contributed by atoms with van der Waals surface area (Å²) in [5.41, 5.74) is 2.17. The molecule has 0 aliphatic rings. The van der Waals surface area contributed by atoms with E-state index in [4.69, 9.17) is 0 Å². The van der Waals surface area contributed by atoms with Crippen molar-refractivity contribution in [3.05, 3.63) is 95.8 Å². The van der Waals surface area contributed by atoms with Gasteiger partial charge in [-0.15, -0.1) is 0 Å². The molecule has 0 bridgehead atoms. The number of rotatable bonds is 8. The first kappa shape index (κ1) is 22.1. The summed E-state index contributed by atoms with van der Waals surface area (Å²) >= 11 is 1.21. The molecule has 0 atom stereocenters. The zero-order valence-corrected chi connectivity index (χ0v) is 18.8. The van der Waals surface area contributed by atoms with Crippen molar-refractivity contribution in [1.29, 1.82) is 0 Å². The maximum Gasteiger partial charge on any atom is 0.230 e. The number of aromatic nitrogens is 1. The van der Waals surface area contributed by atoms with Gasteiger partial charge in [-0.1, -0.05) is 72.0 Å². The summed E-state index contributed by atoms with van der Waals surface area (Å²) in [6, 6.07) is 22.6. The monoisotopic (exact) mass is 468 g/mol. The third-order valence-corrected chi connectivity index (χ3v) is 7.55. The van der Waals surface area contributed by atoms with Crippen molar-refractivity contribution in [3.63, 3.8) is 0 Å². The molecular formula is C24H21FN2O3S2. The quantitative estimate of drug-likeness (QED) is 0.366. The van der Waals surface area contributed by atoms with Gasteiger partial charge in [-0.25, -0.2) is 17.8 Å². The molecule has 1 amide bonds. The molecule has 0 saturated heterocycles. The van der Waals surface area contributed by atoms with E-state index in [1.165, 1.54) is 28.4 Å². The van der Waals surface area contributed by atoms with Gasteiger partial charge >= 0.3 is 0 Å². The van der Waals surface area contributed by atoms with E-state index >= 15 is 0 Å². The largest absolute Gasteiger partial charge is 0.284 e. The smallest absolute Gasteiger partial charge is 0.230 e. The molecule has 8 heteroatoms. The molecule has 0 radical (unpaired) electrons. The van der Waals surface area contributed by atoms with Crippen molar-refractivity contribution >= 4 is 42.4 Å². The van der Waals surface area contributed by atoms with Crippen LogP contribution in [0.15, 0.2) is 78.9 Å². The van der Waals surface area contributed by atoms with E-state index in [0.717, 1.165) is 5.56 Å². The van der Waals surface area contributed by atoms with Gasteiger partial charge in [0.2, 0.25) is 5.91 Å². The third-order valence-electron chi connectivity index (χ3n) is 4.91. The number of benzene rings is 3. The van der Waals surface area contributed by atoms with Crippen LogP contribution >= 0.6 is 11.3 Å². The number of hydrogen-bond donors (Lipinski definition) is 0. The Morgan fingerprint density at radius 3 is 2.28 bits per heavy atom. The summed E-state index contributed by atoms with van der Waals surface area (Å²) in [6.45, 7) is 0.251. The summed E-state index contributed by atoms with van der Waals surface area (Å²) in [7, 11) is -3.46. The Kier molecular flexibility index (Phi) is 6.62. The minimum atomic E-state index is -3.46. The van der Waals surface area contributed by atoms with Crippen molar-refractivity contribution < 1.29 is 17.6 Å². The highest BCUT2D eigenvalue weighted by molar-refractivity contribution is 7.90. The molecule has 32 heavy (non-hydrogen) atoms. The molecule has 0 saturated carbocycles. The zero-order chi connectivity index (χ0) is 22.6. The molecule has 0 unspecified atom stereocenters. The number of hydrogen-bond acceptors (Lipinski definition) is 5. The van der Waals surface area contributed by atoms with Crippen LogP contribution in [0.25, 0.3) is 10.2 Å². The summed E-state index contributed by atoms with van der Waals surface area (Å²) in [6.07, 6.45) is -0.160. The molecule has 5 nitrogen and oxygen atoms in total. The molecule has 4 rings (SSSR count). The van der Waals surface area contributed by atoms with Crippen LogP contribution in [-0.2, 0) is 26.9 Å². The maximum atomic E-state index is 13.6. The summed E-state index contributed by atoms with van der Waals surface area (Å²) in [4.78, 5) is 19.1. The van der Waals surface area contributed by atoms with Crippen LogP contribution in [0.3, 0.4) is 0 Å². The van der Waals surface area contributed by atoms with E-state index in [2.05, 4.69) is 4.98 Å². The number of carbonyl (C=O) groups excluding carboxylic acids is 1. The third kappa shape index (κ3) is 5.57. The first-order valence-electron chi connectivity index (χ1n) is 10.0. The number of amides is 1. The van der Waals surface area contributed by atoms with Gasteiger partial charge < -0.3 is 0 Å². The molecule has 0 spiro atoms. The van der Waals surface area contributed by atoms with Crippen molar-refractivity contribution in [3.8, 4) is 0 Å². The lowest BCUT2D eigenvalue weighted by atomic mass is 10.2. The molecule has 3 aromatic carbocycles. The Balaban J connectivity index is 1.55. The standard InChI is InChI=1S/C24H21FN2O3S2/c25-20-11-12-21-22(15-20)31-24(26-21)27(16-18-7-3-1-4-8-18)23(28)13-14-32(29,30)17-19-9-5-2-6-10-19/h1-12,15H,13-14,16-17H2. The van der Waals surface area contributed by atoms with Gasteiger partial charge in [0.15, 0.2) is 15.0 Å². The Morgan fingerprint density at radius 2 is 1.59 bits per heavy atom. The van der Waals surface area contributed by atoms with Gasteiger partial charge in [-0.05, 0) is 29.3 Å². The number of thiazole rings is 1. The van der Waals surface area contributed by atoms with Crippen LogP contribution in [0.4, 0.5) is 9.52 Å². The lowest BCUT2D eigenvalue weighted by Gasteiger charge is -2.20. The Labute approximate surface area is 190 Å². The second-order valence-electron chi connectivity index (χ2n) is 7.40. The molecule has 0 fully saturated rings. The minimum absolute atomic E-state index is 0.111. The van der Waals surface area contributed by atoms with Crippen LogP contribution in [0.5, 0.6) is 0 Å². The molecule has 0 aliphatic carbocycles. The first-order chi connectivity index (χ1) is 15.4. The summed E-state index contributed by atoms with van der Waals surface area (Å²) in [5.74, 6) is -1.09. The number of halogens is 1. The second-order valence-corrected chi connectivity index (χ2v) is 10.6. The molecule has 164 valence electrons. The van der Waals surface area contributed by atoms with Crippen molar-refractivity contribution in [1.82, 2.24) is 4.98 Å². The first-order valence-corrected chi connectivity index (χ1v) is 12.7. The normalized spacial score (nSPS) is 11.5. The maximum absolute atomic E-state index is 13.6. The number of sulfone groups is 1. The topological polar surface area (TPSA) is 67.3 Å². The van der Waals surface area contributed by atoms with Crippen LogP contribution in [-0.4, -0.2) is 25.1 Å². The lowest BCUT2D eigenvalue weighted by molar-refractivity contribution is -0.118. The lowest BCUT2D eigenvalue weighted by Crippen LogP contribution is -2.31. The van der Waals surface area contributed by atoms with Crippen molar-refractivity contribution in [2.24, 2.45) is 0 Å². The zero-order valence-electron chi connectivity index (χ0n) is 17.1. The fourth-order valence-corrected chi connectivity index (χ4v) is 5.65. The van der Waals surface area contributed by atoms with E-state index in [1.807, 2.05) is 36.4 Å². The van der Waals surface area contributed by atoms with Gasteiger partial charge in [0.25, 0.3) is 0 Å². The SMILES string of the molecule is O=C(CCS(=O)(=O)Cc1ccccc1)N(Cc1ccccc1)c1nc2ccc(F)cc2s1. The predicted octanol–water partition coefficient (Wildman–Crippen LogP) is 4.97. The van der Waals surface area contributed by atoms with Crippen LogP contribution in [0.2, 0.25) is 0 Å². The molecule has 1 aromatic heterocycles. The second kappa shape index (κ2) is 9.58. The van der Waals surface area contributed by atoms with Crippen molar-refractivity contribution in [2.75, 3.05) is 10.7 Å². The molecule has 1 heterocycles. The Hall–Kier alpha value is -3.10. The molecule has 4 aromatic rings. The van der Waals surface area contributed by atoms with Crippen molar-refractivity contribution in [2.45, 2.75) is 18.7 Å². The fourth-order valence-electron chi connectivity index (χ4n) is 3.31. The average Bonchev–Trinajstić information content (AvgIpc) is 3.20. The van der Waals surface area contributed by atoms with Gasteiger partial charge in [-0.2, -0.15) is 0 Å². The van der Waals surface area contributed by atoms with Gasteiger partial charge in [-0.3, -0.25) is 9.69 Å². The van der Waals surface area contributed by atoms with E-state index in [0.29, 0.717) is 20.9 Å². The highest BCUT2D eigenvalue weighted by Gasteiger charge is 2.23. The van der Waals surface area contributed by atoms with Crippen LogP contribution < -0.4 is 4.90 Å². The number of anilines is 1. The molecular weight excluding hydrogens is 447 g/mol. The fraction of sp³-hybridized carbons (Fsp3) is 0.167. The molecule has 0 N–H and O–H groups in total. The highest BCUT2D eigenvalue weighted by atomic mass is 32.2. The predicted molar refractivity (Wildman–Crippen MR) is 126 cm³/mol. The van der Waals surface area contributed by atoms with E-state index in [9.17, 15) is 17.6 Å². The highest BCUT2D eigenvalue weighted by Crippen LogP contribution is 2.31. The Morgan fingerprint density at radius 1 is 0.938 bits per heavy atom. The van der Waals surface area contributed by atoms with Gasteiger partial charge in [0.05, 0.1) is 28.3 Å². The van der Waals surface area contributed by atoms with E-state index in [-0.39, 0.29) is 36.2 Å². The van der Waals surface area contributed by atoms with Gasteiger partial charge in [0, 0.05) is 6.42 Å². The minimum Gasteiger partial charge on any atom is -0.284 e. The van der Waals surface area contributed by atoms with Gasteiger partial charge in [0.1, 0.15) is 5.82 Å². The summed E-state index contributed by atoms with van der Waals surface area (Å²) in [5, 5.41) is 0.417. The average molecular weight is 469 g/mol.